The van der Waals surface area contributed by atoms with Gasteiger partial charge in [0.15, 0.2) is 6.10 Å². The molecule has 1 fully saturated rings. The van der Waals surface area contributed by atoms with Crippen LogP contribution in [-0.4, -0.2) is 35.2 Å². The number of rotatable bonds is 5. The Morgan fingerprint density at radius 1 is 1.32 bits per heavy atom. The topological polar surface area (TPSA) is 75.6 Å². The Bertz CT molecular complexity index is 335. The van der Waals surface area contributed by atoms with Crippen LogP contribution in [0.2, 0.25) is 0 Å². The maximum Gasteiger partial charge on any atom is 0.332 e. The number of ether oxygens (including phenoxy) is 1. The monoisotopic (exact) mass is 271 g/mol. The molecule has 19 heavy (non-hydrogen) atoms. The highest BCUT2D eigenvalue weighted by atomic mass is 16.5. The maximum absolute atomic E-state index is 11.9. The third-order valence-corrected chi connectivity index (χ3v) is 3.30. The number of hydrogen-bond acceptors (Lipinski definition) is 3. The van der Waals surface area contributed by atoms with Gasteiger partial charge in [-0.25, -0.2) is 4.79 Å². The van der Waals surface area contributed by atoms with E-state index in [1.165, 1.54) is 0 Å². The Kier molecular flexibility index (Phi) is 5.35. The zero-order valence-corrected chi connectivity index (χ0v) is 12.2. The molecule has 1 heterocycles. The molecule has 0 radical (unpaired) electrons. The molecule has 5 heteroatoms. The molecule has 0 aromatic rings. The first-order chi connectivity index (χ1) is 8.69. The smallest absolute Gasteiger partial charge is 0.332 e. The van der Waals surface area contributed by atoms with E-state index in [4.69, 9.17) is 9.84 Å². The van der Waals surface area contributed by atoms with Gasteiger partial charge in [0.2, 0.25) is 5.91 Å². The van der Waals surface area contributed by atoms with E-state index in [0.717, 1.165) is 12.8 Å². The van der Waals surface area contributed by atoms with Crippen LogP contribution in [0.1, 0.15) is 53.4 Å². The minimum absolute atomic E-state index is 0.0826. The summed E-state index contributed by atoms with van der Waals surface area (Å²) in [6, 6.07) is 0.0826. The molecule has 2 N–H and O–H groups in total. The number of aliphatic carboxylic acids is 1. The normalized spacial score (nSPS) is 25.1. The van der Waals surface area contributed by atoms with E-state index in [1.54, 1.807) is 0 Å². The summed E-state index contributed by atoms with van der Waals surface area (Å²) in [5.74, 6) is -1.18. The van der Waals surface area contributed by atoms with Crippen LogP contribution in [0.15, 0.2) is 0 Å². The van der Waals surface area contributed by atoms with E-state index in [2.05, 4.69) is 26.1 Å². The number of carbonyl (C=O) groups is 2. The molecule has 1 saturated heterocycles. The summed E-state index contributed by atoms with van der Waals surface area (Å²) in [5.41, 5.74) is 0.247. The van der Waals surface area contributed by atoms with Gasteiger partial charge in [-0.1, -0.05) is 20.8 Å². The van der Waals surface area contributed by atoms with Crippen molar-refractivity contribution >= 4 is 11.9 Å². The minimum Gasteiger partial charge on any atom is -0.479 e. The van der Waals surface area contributed by atoms with Gasteiger partial charge in [-0.05, 0) is 38.0 Å². The van der Waals surface area contributed by atoms with E-state index in [0.29, 0.717) is 12.8 Å². The zero-order chi connectivity index (χ0) is 14.6. The highest BCUT2D eigenvalue weighted by Crippen LogP contribution is 2.22. The lowest BCUT2D eigenvalue weighted by atomic mass is 9.89. The van der Waals surface area contributed by atoms with Crippen molar-refractivity contribution in [2.75, 3.05) is 0 Å². The van der Waals surface area contributed by atoms with Crippen LogP contribution in [0.3, 0.4) is 0 Å². The molecular weight excluding hydrogens is 246 g/mol. The molecule has 0 aliphatic carbocycles. The molecule has 0 aromatic heterocycles. The third-order valence-electron chi connectivity index (χ3n) is 3.30. The van der Waals surface area contributed by atoms with Crippen LogP contribution in [-0.2, 0) is 14.3 Å². The van der Waals surface area contributed by atoms with Gasteiger partial charge in [-0.2, -0.15) is 0 Å². The molecular formula is C14H25NO4. The second-order valence-electron chi connectivity index (χ2n) is 6.54. The number of carboxylic acids is 1. The summed E-state index contributed by atoms with van der Waals surface area (Å²) in [7, 11) is 0. The fraction of sp³-hybridized carbons (Fsp3) is 0.857. The van der Waals surface area contributed by atoms with Crippen molar-refractivity contribution in [3.63, 3.8) is 0 Å². The lowest BCUT2D eigenvalue weighted by Crippen LogP contribution is -2.40. The van der Waals surface area contributed by atoms with Crippen molar-refractivity contribution in [2.24, 2.45) is 5.41 Å². The standard InChI is InChI=1S/C14H25NO4/c1-9(7-8-14(2,3)4)15-12(16)10-5-6-11(19-10)13(17)18/h9-11H,5-8H2,1-4H3,(H,15,16)(H,17,18)/t9?,10-,11+/m0/s1. The first-order valence-corrected chi connectivity index (χ1v) is 6.87. The van der Waals surface area contributed by atoms with Crippen molar-refractivity contribution in [3.8, 4) is 0 Å². The first kappa shape index (κ1) is 16.0. The van der Waals surface area contributed by atoms with Crippen LogP contribution >= 0.6 is 0 Å². The number of carbonyl (C=O) groups excluding carboxylic acids is 1. The Morgan fingerprint density at radius 2 is 1.89 bits per heavy atom. The van der Waals surface area contributed by atoms with E-state index in [1.807, 2.05) is 6.92 Å². The largest absolute Gasteiger partial charge is 0.479 e. The molecule has 1 unspecified atom stereocenters. The molecule has 0 spiro atoms. The number of nitrogens with one attached hydrogen (secondary N) is 1. The highest BCUT2D eigenvalue weighted by molar-refractivity contribution is 5.82. The molecule has 3 atom stereocenters. The molecule has 1 rings (SSSR count). The van der Waals surface area contributed by atoms with Crippen LogP contribution in [0, 0.1) is 5.41 Å². The predicted molar refractivity (Wildman–Crippen MR) is 71.8 cm³/mol. The average Bonchev–Trinajstić information content (AvgIpc) is 2.74. The van der Waals surface area contributed by atoms with Gasteiger partial charge in [0.1, 0.15) is 6.10 Å². The van der Waals surface area contributed by atoms with Gasteiger partial charge >= 0.3 is 5.97 Å². The first-order valence-electron chi connectivity index (χ1n) is 6.87. The molecule has 0 aromatic carbocycles. The summed E-state index contributed by atoms with van der Waals surface area (Å²) in [4.78, 5) is 22.7. The van der Waals surface area contributed by atoms with Crippen molar-refractivity contribution in [1.29, 1.82) is 0 Å². The Morgan fingerprint density at radius 3 is 2.37 bits per heavy atom. The van der Waals surface area contributed by atoms with E-state index < -0.39 is 18.2 Å². The van der Waals surface area contributed by atoms with E-state index in [-0.39, 0.29) is 17.4 Å². The van der Waals surface area contributed by atoms with Crippen LogP contribution < -0.4 is 5.32 Å². The lowest BCUT2D eigenvalue weighted by Gasteiger charge is -2.22. The van der Waals surface area contributed by atoms with Gasteiger partial charge in [0.05, 0.1) is 0 Å². The van der Waals surface area contributed by atoms with Crippen molar-refractivity contribution in [1.82, 2.24) is 5.32 Å². The zero-order valence-electron chi connectivity index (χ0n) is 12.2. The summed E-state index contributed by atoms with van der Waals surface area (Å²) < 4.78 is 5.22. The van der Waals surface area contributed by atoms with Crippen molar-refractivity contribution < 1.29 is 19.4 Å². The van der Waals surface area contributed by atoms with Gasteiger partial charge in [-0.3, -0.25) is 4.79 Å². The second-order valence-corrected chi connectivity index (χ2v) is 6.54. The predicted octanol–water partition coefficient (Wildman–Crippen LogP) is 1.95. The number of amides is 1. The summed E-state index contributed by atoms with van der Waals surface area (Å²) in [5, 5.41) is 11.7. The van der Waals surface area contributed by atoms with Crippen LogP contribution in [0.5, 0.6) is 0 Å². The van der Waals surface area contributed by atoms with Gasteiger partial charge < -0.3 is 15.2 Å². The number of hydrogen-bond donors (Lipinski definition) is 2. The fourth-order valence-electron chi connectivity index (χ4n) is 2.07. The van der Waals surface area contributed by atoms with Gasteiger partial charge in [-0.15, -0.1) is 0 Å². The SMILES string of the molecule is CC(CCC(C)(C)C)NC(=O)[C@@H]1CC[C@H](C(=O)O)O1. The summed E-state index contributed by atoms with van der Waals surface area (Å²) in [6.45, 7) is 8.46. The number of carboxylic acid groups (broad SMARTS) is 1. The van der Waals surface area contributed by atoms with E-state index >= 15 is 0 Å². The summed E-state index contributed by atoms with van der Waals surface area (Å²) in [6.07, 6.45) is 1.37. The second kappa shape index (κ2) is 6.37. The Hall–Kier alpha value is -1.10. The van der Waals surface area contributed by atoms with Crippen LogP contribution in [0.25, 0.3) is 0 Å². The van der Waals surface area contributed by atoms with E-state index in [9.17, 15) is 9.59 Å². The lowest BCUT2D eigenvalue weighted by molar-refractivity contribution is -0.151. The molecule has 1 amide bonds. The van der Waals surface area contributed by atoms with Gasteiger partial charge in [0, 0.05) is 6.04 Å². The fourth-order valence-corrected chi connectivity index (χ4v) is 2.07. The molecule has 0 bridgehead atoms. The molecule has 0 saturated carbocycles. The Labute approximate surface area is 114 Å². The molecule has 1 aliphatic rings. The highest BCUT2D eigenvalue weighted by Gasteiger charge is 2.35. The van der Waals surface area contributed by atoms with Crippen molar-refractivity contribution in [3.05, 3.63) is 0 Å². The maximum atomic E-state index is 11.9. The third kappa shape index (κ3) is 5.59. The van der Waals surface area contributed by atoms with Gasteiger partial charge in [0.25, 0.3) is 0 Å². The van der Waals surface area contributed by atoms with Crippen molar-refractivity contribution in [2.45, 2.75) is 71.6 Å². The Balaban J connectivity index is 2.33. The molecule has 1 aliphatic heterocycles. The average molecular weight is 271 g/mol. The molecule has 5 nitrogen and oxygen atoms in total. The quantitative estimate of drug-likeness (QED) is 0.801. The minimum atomic E-state index is -0.990. The summed E-state index contributed by atoms with van der Waals surface area (Å²) >= 11 is 0. The molecule has 110 valence electrons. The van der Waals surface area contributed by atoms with Crippen LogP contribution in [0.4, 0.5) is 0 Å².